The topological polar surface area (TPSA) is 12.2 Å². The van der Waals surface area contributed by atoms with E-state index >= 15 is 0 Å². The Balaban J connectivity index is 3.20. The van der Waals surface area contributed by atoms with Gasteiger partial charge in [0.05, 0.1) is 5.56 Å². The van der Waals surface area contributed by atoms with Gasteiger partial charge >= 0.3 is 0 Å². The molecule has 0 aliphatic rings. The summed E-state index contributed by atoms with van der Waals surface area (Å²) in [4.78, 5) is 4.98. The maximum Gasteiger partial charge on any atom is 0.263 e. The standard InChI is InChI=1S/C10H11BrNO/c1-4-8-7-9(11)5-6-10(8)12(2)13-3/h4-7H,1-2H2,3H3/q+1. The lowest BCUT2D eigenvalue weighted by molar-refractivity contribution is -0.714. The molecule has 13 heavy (non-hydrogen) atoms. The normalized spacial score (nSPS) is 9.38. The van der Waals surface area contributed by atoms with Crippen molar-refractivity contribution in [2.45, 2.75) is 0 Å². The Kier molecular flexibility index (Phi) is 3.25. The second-order valence-electron chi connectivity index (χ2n) is 2.47. The van der Waals surface area contributed by atoms with Crippen molar-refractivity contribution in [2.24, 2.45) is 0 Å². The summed E-state index contributed by atoms with van der Waals surface area (Å²) < 4.78 is 2.46. The highest BCUT2D eigenvalue weighted by Gasteiger charge is 2.11. The van der Waals surface area contributed by atoms with Gasteiger partial charge in [0.15, 0.2) is 6.72 Å². The Morgan fingerprint density at radius 3 is 2.77 bits per heavy atom. The highest BCUT2D eigenvalue weighted by molar-refractivity contribution is 9.10. The SMILES string of the molecule is C=Cc1cc(Br)ccc1[N+](=C)OC. The van der Waals surface area contributed by atoms with E-state index in [1.165, 1.54) is 4.74 Å². The third-order valence-electron chi connectivity index (χ3n) is 1.70. The predicted molar refractivity (Wildman–Crippen MR) is 58.3 cm³/mol. The quantitative estimate of drug-likeness (QED) is 0.450. The number of nitrogens with zero attached hydrogens (tertiary/aromatic N) is 1. The molecular weight excluding hydrogens is 230 g/mol. The molecule has 0 radical (unpaired) electrons. The van der Waals surface area contributed by atoms with E-state index in [9.17, 15) is 0 Å². The molecule has 0 heterocycles. The zero-order valence-corrected chi connectivity index (χ0v) is 9.04. The lowest BCUT2D eigenvalue weighted by Gasteiger charge is -2.00. The average molecular weight is 241 g/mol. The van der Waals surface area contributed by atoms with E-state index in [1.54, 1.807) is 13.2 Å². The number of halogens is 1. The summed E-state index contributed by atoms with van der Waals surface area (Å²) in [7, 11) is 1.57. The van der Waals surface area contributed by atoms with Crippen molar-refractivity contribution in [2.75, 3.05) is 7.11 Å². The molecule has 0 N–H and O–H groups in total. The van der Waals surface area contributed by atoms with Gasteiger partial charge in [0, 0.05) is 15.3 Å². The van der Waals surface area contributed by atoms with Gasteiger partial charge in [-0.2, -0.15) is 0 Å². The monoisotopic (exact) mass is 240 g/mol. The molecule has 3 heteroatoms. The van der Waals surface area contributed by atoms with Crippen LogP contribution in [0.25, 0.3) is 6.08 Å². The summed E-state index contributed by atoms with van der Waals surface area (Å²) >= 11 is 3.38. The van der Waals surface area contributed by atoms with Crippen molar-refractivity contribution >= 4 is 34.4 Å². The molecule has 0 aromatic heterocycles. The molecular formula is C10H11BrNO+. The maximum atomic E-state index is 4.98. The van der Waals surface area contributed by atoms with Crippen LogP contribution in [0.15, 0.2) is 29.3 Å². The highest BCUT2D eigenvalue weighted by atomic mass is 79.9. The second-order valence-corrected chi connectivity index (χ2v) is 3.38. The zero-order valence-electron chi connectivity index (χ0n) is 7.46. The van der Waals surface area contributed by atoms with Crippen LogP contribution in [0.4, 0.5) is 5.69 Å². The van der Waals surface area contributed by atoms with Crippen LogP contribution >= 0.6 is 15.9 Å². The first-order valence-corrected chi connectivity index (χ1v) is 4.55. The Morgan fingerprint density at radius 1 is 1.54 bits per heavy atom. The van der Waals surface area contributed by atoms with Gasteiger partial charge in [-0.25, -0.2) is 0 Å². The molecule has 0 unspecified atom stereocenters. The average Bonchev–Trinajstić information content (AvgIpc) is 2.16. The minimum Gasteiger partial charge on any atom is -0.275 e. The Hall–Kier alpha value is -1.09. The van der Waals surface area contributed by atoms with Gasteiger partial charge in [0.1, 0.15) is 7.11 Å². The van der Waals surface area contributed by atoms with Crippen LogP contribution in [0.5, 0.6) is 0 Å². The van der Waals surface area contributed by atoms with E-state index in [0.717, 1.165) is 15.7 Å². The highest BCUT2D eigenvalue weighted by Crippen LogP contribution is 2.23. The molecule has 0 aliphatic carbocycles. The first-order valence-electron chi connectivity index (χ1n) is 3.75. The molecule has 0 aliphatic heterocycles. The van der Waals surface area contributed by atoms with Gasteiger partial charge < -0.3 is 0 Å². The molecule has 0 atom stereocenters. The van der Waals surface area contributed by atoms with Crippen LogP contribution in [-0.2, 0) is 4.84 Å². The number of rotatable bonds is 3. The summed E-state index contributed by atoms with van der Waals surface area (Å²) in [5.41, 5.74) is 1.87. The molecule has 2 nitrogen and oxygen atoms in total. The van der Waals surface area contributed by atoms with Crippen molar-refractivity contribution in [3.63, 3.8) is 0 Å². The molecule has 0 amide bonds. The Labute approximate surface area is 86.2 Å². The van der Waals surface area contributed by atoms with Gasteiger partial charge in [-0.05, 0) is 12.1 Å². The van der Waals surface area contributed by atoms with E-state index < -0.39 is 0 Å². The molecule has 0 spiro atoms. The van der Waals surface area contributed by atoms with Gasteiger partial charge in [0.25, 0.3) is 5.69 Å². The Morgan fingerprint density at radius 2 is 2.23 bits per heavy atom. The van der Waals surface area contributed by atoms with E-state index in [1.807, 2.05) is 18.2 Å². The second kappa shape index (κ2) is 4.23. The van der Waals surface area contributed by atoms with Gasteiger partial charge in [-0.3, -0.25) is 4.84 Å². The van der Waals surface area contributed by atoms with Crippen molar-refractivity contribution in [1.29, 1.82) is 0 Å². The summed E-state index contributed by atoms with van der Waals surface area (Å²) in [5, 5.41) is 0. The van der Waals surface area contributed by atoms with Crippen LogP contribution in [0, 0.1) is 0 Å². The van der Waals surface area contributed by atoms with E-state index in [0.29, 0.717) is 0 Å². The zero-order chi connectivity index (χ0) is 9.84. The fraction of sp³-hybridized carbons (Fsp3) is 0.100. The minimum atomic E-state index is 0.890. The number of hydrogen-bond acceptors (Lipinski definition) is 1. The Bertz CT molecular complexity index is 347. The molecule has 1 aromatic carbocycles. The summed E-state index contributed by atoms with van der Waals surface area (Å²) in [6.45, 7) is 7.43. The lowest BCUT2D eigenvalue weighted by Crippen LogP contribution is -2.01. The van der Waals surface area contributed by atoms with Gasteiger partial charge in [-0.1, -0.05) is 28.6 Å². The predicted octanol–water partition coefficient (Wildman–Crippen LogP) is 3.00. The summed E-state index contributed by atoms with van der Waals surface area (Å²) in [5.74, 6) is 0. The maximum absolute atomic E-state index is 4.98. The van der Waals surface area contributed by atoms with Crippen LogP contribution in [-0.4, -0.2) is 18.6 Å². The van der Waals surface area contributed by atoms with Crippen LogP contribution in [0.1, 0.15) is 5.56 Å². The lowest BCUT2D eigenvalue weighted by atomic mass is 10.2. The van der Waals surface area contributed by atoms with Crippen LogP contribution in [0.2, 0.25) is 0 Å². The third kappa shape index (κ3) is 2.18. The first-order chi connectivity index (χ1) is 6.19. The van der Waals surface area contributed by atoms with E-state index in [-0.39, 0.29) is 0 Å². The fourth-order valence-corrected chi connectivity index (χ4v) is 1.39. The van der Waals surface area contributed by atoms with E-state index in [2.05, 4.69) is 29.2 Å². The molecule has 0 bridgehead atoms. The summed E-state index contributed by atoms with van der Waals surface area (Å²) in [6, 6.07) is 5.80. The first kappa shape index (κ1) is 9.99. The van der Waals surface area contributed by atoms with Crippen LogP contribution < -0.4 is 0 Å². The minimum absolute atomic E-state index is 0.890. The number of hydrogen-bond donors (Lipinski definition) is 0. The van der Waals surface area contributed by atoms with Gasteiger partial charge in [0.2, 0.25) is 0 Å². The summed E-state index contributed by atoms with van der Waals surface area (Å²) in [6.07, 6.45) is 1.76. The van der Waals surface area contributed by atoms with Crippen molar-refractivity contribution in [3.05, 3.63) is 34.8 Å². The molecule has 0 fully saturated rings. The fourth-order valence-electron chi connectivity index (χ4n) is 1.01. The van der Waals surface area contributed by atoms with Crippen molar-refractivity contribution in [3.8, 4) is 0 Å². The van der Waals surface area contributed by atoms with Crippen LogP contribution in [0.3, 0.4) is 0 Å². The smallest absolute Gasteiger partial charge is 0.263 e. The molecule has 0 saturated carbocycles. The molecule has 0 saturated heterocycles. The van der Waals surface area contributed by atoms with E-state index in [4.69, 9.17) is 4.84 Å². The van der Waals surface area contributed by atoms with Crippen molar-refractivity contribution in [1.82, 2.24) is 0 Å². The molecule has 68 valence electrons. The molecule has 1 rings (SSSR count). The van der Waals surface area contributed by atoms with Crippen molar-refractivity contribution < 1.29 is 9.58 Å². The number of benzene rings is 1. The van der Waals surface area contributed by atoms with Gasteiger partial charge in [-0.15, -0.1) is 0 Å². The third-order valence-corrected chi connectivity index (χ3v) is 2.19. The molecule has 1 aromatic rings. The largest absolute Gasteiger partial charge is 0.275 e.